The number of hydrogen-bond acceptors (Lipinski definition) is 4. The summed E-state index contributed by atoms with van der Waals surface area (Å²) in [6.45, 7) is 6.27. The first-order chi connectivity index (χ1) is 12.0. The van der Waals surface area contributed by atoms with Crippen LogP contribution in [0, 0.1) is 20.8 Å². The molecule has 2 aromatic carbocycles. The third-order valence-electron chi connectivity index (χ3n) is 3.95. The number of carbonyl (C=O) groups is 1. The molecule has 2 N–H and O–H groups in total. The molecule has 0 aliphatic rings. The van der Waals surface area contributed by atoms with E-state index in [0.29, 0.717) is 0 Å². The van der Waals surface area contributed by atoms with Gasteiger partial charge < -0.3 is 10.6 Å². The van der Waals surface area contributed by atoms with Gasteiger partial charge in [0.25, 0.3) is 0 Å². The summed E-state index contributed by atoms with van der Waals surface area (Å²) in [4.78, 5) is 16.2. The number of hydrogen-bond donors (Lipinski definition) is 2. The van der Waals surface area contributed by atoms with Crippen LogP contribution in [0.3, 0.4) is 0 Å². The van der Waals surface area contributed by atoms with E-state index in [9.17, 15) is 4.79 Å². The van der Waals surface area contributed by atoms with Crippen molar-refractivity contribution in [2.75, 3.05) is 17.2 Å². The molecule has 6 nitrogen and oxygen atoms in total. The highest BCUT2D eigenvalue weighted by molar-refractivity contribution is 5.95. The number of anilines is 2. The van der Waals surface area contributed by atoms with Crippen molar-refractivity contribution in [2.45, 2.75) is 20.8 Å². The molecule has 0 saturated heterocycles. The van der Waals surface area contributed by atoms with E-state index in [2.05, 4.69) is 39.8 Å². The number of rotatable bonds is 5. The molecule has 0 fully saturated rings. The van der Waals surface area contributed by atoms with Crippen molar-refractivity contribution in [3.63, 3.8) is 0 Å². The fraction of sp³-hybridized carbons (Fsp3) is 0.211. The van der Waals surface area contributed by atoms with Crippen molar-refractivity contribution in [1.29, 1.82) is 0 Å². The standard InChI is InChI=1S/C19H21N5O/c1-13-8-14(2)19(15(3)9-13)23-18(25)10-21-16-4-6-17(7-5-16)24-12-20-11-22-24/h4-9,11-12,21H,10H2,1-3H3,(H,23,25). The van der Waals surface area contributed by atoms with Crippen LogP contribution in [0.2, 0.25) is 0 Å². The van der Waals surface area contributed by atoms with Gasteiger partial charge in [-0.15, -0.1) is 0 Å². The van der Waals surface area contributed by atoms with E-state index in [1.807, 2.05) is 38.1 Å². The van der Waals surface area contributed by atoms with Crippen LogP contribution >= 0.6 is 0 Å². The Morgan fingerprint density at radius 1 is 1.08 bits per heavy atom. The van der Waals surface area contributed by atoms with Gasteiger partial charge in [-0.2, -0.15) is 5.10 Å². The summed E-state index contributed by atoms with van der Waals surface area (Å²) in [6.07, 6.45) is 3.13. The van der Waals surface area contributed by atoms with Gasteiger partial charge in [0.15, 0.2) is 0 Å². The van der Waals surface area contributed by atoms with Crippen LogP contribution in [-0.2, 0) is 4.79 Å². The van der Waals surface area contributed by atoms with Crippen molar-refractivity contribution >= 4 is 17.3 Å². The Morgan fingerprint density at radius 2 is 1.76 bits per heavy atom. The summed E-state index contributed by atoms with van der Waals surface area (Å²) in [7, 11) is 0. The number of aryl methyl sites for hydroxylation is 3. The van der Waals surface area contributed by atoms with Crippen molar-refractivity contribution in [2.24, 2.45) is 0 Å². The maximum atomic E-state index is 12.2. The first-order valence-electron chi connectivity index (χ1n) is 8.09. The van der Waals surface area contributed by atoms with Crippen LogP contribution in [0.15, 0.2) is 49.1 Å². The summed E-state index contributed by atoms with van der Waals surface area (Å²) >= 11 is 0. The zero-order chi connectivity index (χ0) is 17.8. The quantitative estimate of drug-likeness (QED) is 0.751. The van der Waals surface area contributed by atoms with E-state index >= 15 is 0 Å². The molecule has 0 saturated carbocycles. The van der Waals surface area contributed by atoms with Gasteiger partial charge in [0, 0.05) is 11.4 Å². The number of benzene rings is 2. The summed E-state index contributed by atoms with van der Waals surface area (Å²) in [5.74, 6) is -0.0737. The minimum atomic E-state index is -0.0737. The van der Waals surface area contributed by atoms with E-state index in [4.69, 9.17) is 0 Å². The lowest BCUT2D eigenvalue weighted by Gasteiger charge is -2.13. The summed E-state index contributed by atoms with van der Waals surface area (Å²) in [6, 6.07) is 11.8. The third-order valence-corrected chi connectivity index (χ3v) is 3.95. The van der Waals surface area contributed by atoms with Gasteiger partial charge in [-0.05, 0) is 56.2 Å². The molecule has 6 heteroatoms. The van der Waals surface area contributed by atoms with Gasteiger partial charge in [-0.25, -0.2) is 9.67 Å². The predicted molar refractivity (Wildman–Crippen MR) is 99.1 cm³/mol. The molecule has 0 atom stereocenters. The van der Waals surface area contributed by atoms with Crippen molar-refractivity contribution < 1.29 is 4.79 Å². The lowest BCUT2D eigenvalue weighted by molar-refractivity contribution is -0.114. The lowest BCUT2D eigenvalue weighted by atomic mass is 10.1. The lowest BCUT2D eigenvalue weighted by Crippen LogP contribution is -2.22. The molecular weight excluding hydrogens is 314 g/mol. The molecule has 3 aromatic rings. The molecule has 0 spiro atoms. The summed E-state index contributed by atoms with van der Waals surface area (Å²) in [5, 5.41) is 10.2. The molecule has 0 bridgehead atoms. The molecule has 0 radical (unpaired) electrons. The summed E-state index contributed by atoms with van der Waals surface area (Å²) < 4.78 is 1.68. The average Bonchev–Trinajstić information content (AvgIpc) is 3.11. The van der Waals surface area contributed by atoms with E-state index in [1.54, 1.807) is 11.0 Å². The van der Waals surface area contributed by atoms with Crippen LogP contribution in [0.5, 0.6) is 0 Å². The molecule has 1 amide bonds. The Kier molecular flexibility index (Phi) is 4.79. The Hall–Kier alpha value is -3.15. The molecule has 25 heavy (non-hydrogen) atoms. The van der Waals surface area contributed by atoms with Gasteiger partial charge in [0.1, 0.15) is 12.7 Å². The van der Waals surface area contributed by atoms with Gasteiger partial charge in [-0.1, -0.05) is 17.7 Å². The number of nitrogens with zero attached hydrogens (tertiary/aromatic N) is 3. The number of carbonyl (C=O) groups excluding carboxylic acids is 1. The Morgan fingerprint density at radius 3 is 2.36 bits per heavy atom. The second-order valence-electron chi connectivity index (χ2n) is 6.06. The van der Waals surface area contributed by atoms with Crippen LogP contribution in [0.1, 0.15) is 16.7 Å². The fourth-order valence-electron chi connectivity index (χ4n) is 2.82. The molecule has 1 aromatic heterocycles. The largest absolute Gasteiger partial charge is 0.376 e. The Labute approximate surface area is 146 Å². The predicted octanol–water partition coefficient (Wildman–Crippen LogP) is 3.24. The maximum absolute atomic E-state index is 12.2. The second-order valence-corrected chi connectivity index (χ2v) is 6.06. The average molecular weight is 335 g/mol. The third kappa shape index (κ3) is 4.03. The minimum absolute atomic E-state index is 0.0737. The molecule has 3 rings (SSSR count). The number of nitrogens with one attached hydrogen (secondary N) is 2. The minimum Gasteiger partial charge on any atom is -0.376 e. The van der Waals surface area contributed by atoms with Crippen molar-refractivity contribution in [3.8, 4) is 5.69 Å². The van der Waals surface area contributed by atoms with E-state index in [0.717, 1.165) is 28.2 Å². The molecular formula is C19H21N5O. The van der Waals surface area contributed by atoms with Crippen LogP contribution in [0.4, 0.5) is 11.4 Å². The molecule has 128 valence electrons. The van der Waals surface area contributed by atoms with Crippen LogP contribution in [-0.4, -0.2) is 27.2 Å². The van der Waals surface area contributed by atoms with Crippen LogP contribution in [0.25, 0.3) is 5.69 Å². The normalized spacial score (nSPS) is 10.5. The van der Waals surface area contributed by atoms with Gasteiger partial charge in [-0.3, -0.25) is 4.79 Å². The highest BCUT2D eigenvalue weighted by Crippen LogP contribution is 2.21. The fourth-order valence-corrected chi connectivity index (χ4v) is 2.82. The highest BCUT2D eigenvalue weighted by atomic mass is 16.1. The molecule has 0 unspecified atom stereocenters. The molecule has 0 aliphatic heterocycles. The zero-order valence-corrected chi connectivity index (χ0v) is 14.6. The number of aromatic nitrogens is 3. The SMILES string of the molecule is Cc1cc(C)c(NC(=O)CNc2ccc(-n3cncn3)cc2)c(C)c1. The van der Waals surface area contributed by atoms with Crippen LogP contribution < -0.4 is 10.6 Å². The first-order valence-corrected chi connectivity index (χ1v) is 8.09. The van der Waals surface area contributed by atoms with Gasteiger partial charge >= 0.3 is 0 Å². The summed E-state index contributed by atoms with van der Waals surface area (Å²) in [5.41, 5.74) is 6.01. The smallest absolute Gasteiger partial charge is 0.243 e. The Bertz CT molecular complexity index is 846. The van der Waals surface area contributed by atoms with E-state index in [1.165, 1.54) is 11.9 Å². The topological polar surface area (TPSA) is 71.8 Å². The number of amides is 1. The van der Waals surface area contributed by atoms with Gasteiger partial charge in [0.05, 0.1) is 12.2 Å². The van der Waals surface area contributed by atoms with Gasteiger partial charge in [0.2, 0.25) is 5.91 Å². The van der Waals surface area contributed by atoms with Crippen molar-refractivity contribution in [3.05, 3.63) is 65.7 Å². The zero-order valence-electron chi connectivity index (χ0n) is 14.6. The molecule has 1 heterocycles. The highest BCUT2D eigenvalue weighted by Gasteiger charge is 2.08. The van der Waals surface area contributed by atoms with E-state index in [-0.39, 0.29) is 12.5 Å². The Balaban J connectivity index is 1.59. The second kappa shape index (κ2) is 7.17. The monoisotopic (exact) mass is 335 g/mol. The first kappa shape index (κ1) is 16.7. The van der Waals surface area contributed by atoms with Crippen molar-refractivity contribution in [1.82, 2.24) is 14.8 Å². The maximum Gasteiger partial charge on any atom is 0.243 e. The van der Waals surface area contributed by atoms with E-state index < -0.39 is 0 Å². The molecule has 0 aliphatic carbocycles.